The molecule has 3 rings (SSSR count). The molecule has 4 nitrogen and oxygen atoms in total. The van der Waals surface area contributed by atoms with E-state index in [4.69, 9.17) is 4.74 Å². The van der Waals surface area contributed by atoms with Gasteiger partial charge in [-0.25, -0.2) is 14.2 Å². The molecule has 0 unspecified atom stereocenters. The van der Waals surface area contributed by atoms with E-state index >= 15 is 0 Å². The second kappa shape index (κ2) is 6.50. The summed E-state index contributed by atoms with van der Waals surface area (Å²) in [5.74, 6) is -0.414. The molecule has 0 aliphatic heterocycles. The van der Waals surface area contributed by atoms with Crippen molar-refractivity contribution in [3.8, 4) is 5.75 Å². The number of rotatable bonds is 4. The van der Waals surface area contributed by atoms with Gasteiger partial charge in [-0.1, -0.05) is 35.0 Å². The van der Waals surface area contributed by atoms with E-state index in [2.05, 4.69) is 20.9 Å². The summed E-state index contributed by atoms with van der Waals surface area (Å²) >= 11 is 3.16. The van der Waals surface area contributed by atoms with Crippen LogP contribution in [0.25, 0.3) is 11.0 Å². The first-order valence-electron chi connectivity index (χ1n) is 7.18. The van der Waals surface area contributed by atoms with Gasteiger partial charge < -0.3 is 9.30 Å². The Balaban J connectivity index is 1.85. The minimum atomic E-state index is -0.584. The van der Waals surface area contributed by atoms with Crippen molar-refractivity contribution in [1.82, 2.24) is 9.55 Å². The summed E-state index contributed by atoms with van der Waals surface area (Å²) in [4.78, 5) is 16.7. The summed E-state index contributed by atoms with van der Waals surface area (Å²) in [6, 6.07) is 11.9. The first-order valence-corrected chi connectivity index (χ1v) is 7.97. The molecular formula is C17H14BrFN2O2. The number of carbonyl (C=O) groups excluding carboxylic acids is 1. The second-order valence-corrected chi connectivity index (χ2v) is 5.92. The van der Waals surface area contributed by atoms with Gasteiger partial charge in [-0.2, -0.15) is 0 Å². The molecule has 0 amide bonds. The maximum Gasteiger partial charge on any atom is 0.331 e. The van der Waals surface area contributed by atoms with Gasteiger partial charge in [0.25, 0.3) is 0 Å². The number of nitrogens with zero attached hydrogens (tertiary/aromatic N) is 2. The smallest absolute Gasteiger partial charge is 0.331 e. The molecule has 118 valence electrons. The van der Waals surface area contributed by atoms with Gasteiger partial charge in [-0.05, 0) is 30.3 Å². The lowest BCUT2D eigenvalue weighted by Crippen LogP contribution is -2.18. The predicted molar refractivity (Wildman–Crippen MR) is 88.8 cm³/mol. The van der Waals surface area contributed by atoms with E-state index in [-0.39, 0.29) is 12.3 Å². The SMILES string of the molecule is CCc1nc2ccccc2n1CC(=O)Oc1ccc(Br)cc1F. The molecule has 0 aliphatic rings. The first-order chi connectivity index (χ1) is 11.1. The molecule has 0 spiro atoms. The summed E-state index contributed by atoms with van der Waals surface area (Å²) in [5.41, 5.74) is 1.68. The largest absolute Gasteiger partial charge is 0.422 e. The number of para-hydroxylation sites is 2. The molecule has 1 aromatic heterocycles. The van der Waals surface area contributed by atoms with Gasteiger partial charge >= 0.3 is 5.97 Å². The van der Waals surface area contributed by atoms with Crippen molar-refractivity contribution in [3.05, 3.63) is 58.6 Å². The Morgan fingerprint density at radius 2 is 2.09 bits per heavy atom. The maximum atomic E-state index is 13.8. The minimum absolute atomic E-state index is 0.0147. The Morgan fingerprint density at radius 1 is 1.30 bits per heavy atom. The number of aromatic nitrogens is 2. The highest BCUT2D eigenvalue weighted by Gasteiger charge is 2.15. The van der Waals surface area contributed by atoms with Crippen molar-refractivity contribution in [2.45, 2.75) is 19.9 Å². The normalized spacial score (nSPS) is 10.9. The standard InChI is InChI=1S/C17H14BrFN2O2/c1-2-16-20-13-5-3-4-6-14(13)21(16)10-17(22)23-15-8-7-11(18)9-12(15)19/h3-9H,2,10H2,1H3. The molecule has 3 aromatic rings. The summed E-state index contributed by atoms with van der Waals surface area (Å²) < 4.78 is 21.3. The lowest BCUT2D eigenvalue weighted by Gasteiger charge is -2.09. The van der Waals surface area contributed by atoms with Gasteiger partial charge in [0.05, 0.1) is 11.0 Å². The van der Waals surface area contributed by atoms with Gasteiger partial charge in [-0.3, -0.25) is 0 Å². The van der Waals surface area contributed by atoms with Crippen molar-refractivity contribution in [2.75, 3.05) is 0 Å². The number of hydrogen-bond donors (Lipinski definition) is 0. The fourth-order valence-electron chi connectivity index (χ4n) is 2.41. The molecule has 0 fully saturated rings. The summed E-state index contributed by atoms with van der Waals surface area (Å²) in [7, 11) is 0. The van der Waals surface area contributed by atoms with Crippen LogP contribution in [0.5, 0.6) is 5.75 Å². The number of hydrogen-bond acceptors (Lipinski definition) is 3. The molecule has 0 atom stereocenters. The molecular weight excluding hydrogens is 363 g/mol. The van der Waals surface area contributed by atoms with Crippen molar-refractivity contribution in [3.63, 3.8) is 0 Å². The van der Waals surface area contributed by atoms with E-state index in [0.29, 0.717) is 10.9 Å². The summed E-state index contributed by atoms with van der Waals surface area (Å²) in [6.45, 7) is 1.95. The third-order valence-electron chi connectivity index (χ3n) is 3.45. The molecule has 0 saturated carbocycles. The lowest BCUT2D eigenvalue weighted by atomic mass is 10.3. The Bertz CT molecular complexity index is 876. The zero-order valence-corrected chi connectivity index (χ0v) is 14.0. The van der Waals surface area contributed by atoms with Crippen LogP contribution in [-0.2, 0) is 17.8 Å². The van der Waals surface area contributed by atoms with Gasteiger partial charge in [0.2, 0.25) is 0 Å². The van der Waals surface area contributed by atoms with E-state index in [1.165, 1.54) is 12.1 Å². The summed E-state index contributed by atoms with van der Waals surface area (Å²) in [6.07, 6.45) is 0.689. The number of fused-ring (bicyclic) bond motifs is 1. The minimum Gasteiger partial charge on any atom is -0.422 e. The molecule has 6 heteroatoms. The Kier molecular flexibility index (Phi) is 4.43. The number of ether oxygens (including phenoxy) is 1. The highest BCUT2D eigenvalue weighted by Crippen LogP contribution is 2.22. The van der Waals surface area contributed by atoms with E-state index in [9.17, 15) is 9.18 Å². The van der Waals surface area contributed by atoms with Crippen molar-refractivity contribution in [1.29, 1.82) is 0 Å². The number of halogens is 2. The van der Waals surface area contributed by atoms with Crippen LogP contribution in [-0.4, -0.2) is 15.5 Å². The van der Waals surface area contributed by atoms with Crippen LogP contribution in [0, 0.1) is 5.82 Å². The number of aryl methyl sites for hydroxylation is 1. The monoisotopic (exact) mass is 376 g/mol. The van der Waals surface area contributed by atoms with Crippen LogP contribution in [0.15, 0.2) is 46.9 Å². The highest BCUT2D eigenvalue weighted by molar-refractivity contribution is 9.10. The molecule has 23 heavy (non-hydrogen) atoms. The van der Waals surface area contributed by atoms with Crippen molar-refractivity contribution < 1.29 is 13.9 Å². The number of carbonyl (C=O) groups is 1. The van der Waals surface area contributed by atoms with E-state index < -0.39 is 11.8 Å². The van der Waals surface area contributed by atoms with Crippen LogP contribution in [0.2, 0.25) is 0 Å². The number of esters is 1. The molecule has 0 saturated heterocycles. The van der Waals surface area contributed by atoms with E-state index in [0.717, 1.165) is 16.9 Å². The average Bonchev–Trinajstić information content (AvgIpc) is 2.88. The van der Waals surface area contributed by atoms with Crippen molar-refractivity contribution in [2.24, 2.45) is 0 Å². The van der Waals surface area contributed by atoms with Crippen LogP contribution in [0.3, 0.4) is 0 Å². The van der Waals surface area contributed by atoms with Gasteiger partial charge in [0.15, 0.2) is 11.6 Å². The topological polar surface area (TPSA) is 44.1 Å². The van der Waals surface area contributed by atoms with E-state index in [1.54, 1.807) is 10.6 Å². The first kappa shape index (κ1) is 15.7. The molecule has 1 heterocycles. The number of imidazole rings is 1. The van der Waals surface area contributed by atoms with Gasteiger partial charge in [0, 0.05) is 10.9 Å². The van der Waals surface area contributed by atoms with Crippen molar-refractivity contribution >= 4 is 32.9 Å². The molecule has 0 N–H and O–H groups in total. The lowest BCUT2D eigenvalue weighted by molar-refractivity contribution is -0.135. The van der Waals surface area contributed by atoms with Crippen LogP contribution in [0.4, 0.5) is 4.39 Å². The fourth-order valence-corrected chi connectivity index (χ4v) is 2.75. The Morgan fingerprint density at radius 3 is 2.83 bits per heavy atom. The van der Waals surface area contributed by atoms with Crippen LogP contribution in [0.1, 0.15) is 12.7 Å². The van der Waals surface area contributed by atoms with Crippen LogP contribution < -0.4 is 4.74 Å². The zero-order valence-electron chi connectivity index (χ0n) is 12.4. The quantitative estimate of drug-likeness (QED) is 0.508. The predicted octanol–water partition coefficient (Wildman–Crippen LogP) is 4.11. The molecule has 0 radical (unpaired) electrons. The van der Waals surface area contributed by atoms with Crippen LogP contribution >= 0.6 is 15.9 Å². The Labute approximate surface area is 141 Å². The van der Waals surface area contributed by atoms with Gasteiger partial charge in [0.1, 0.15) is 12.4 Å². The second-order valence-electron chi connectivity index (χ2n) is 5.01. The summed E-state index contributed by atoms with van der Waals surface area (Å²) in [5, 5.41) is 0. The molecule has 2 aromatic carbocycles. The zero-order chi connectivity index (χ0) is 16.4. The highest BCUT2D eigenvalue weighted by atomic mass is 79.9. The third-order valence-corrected chi connectivity index (χ3v) is 3.95. The molecule has 0 bridgehead atoms. The molecule has 0 aliphatic carbocycles. The third kappa shape index (κ3) is 3.27. The van der Waals surface area contributed by atoms with Gasteiger partial charge in [-0.15, -0.1) is 0 Å². The average molecular weight is 377 g/mol. The van der Waals surface area contributed by atoms with E-state index in [1.807, 2.05) is 31.2 Å². The maximum absolute atomic E-state index is 13.8. The number of benzene rings is 2. The fraction of sp³-hybridized carbons (Fsp3) is 0.176. The Hall–Kier alpha value is -2.21.